The molecule has 0 unspecified atom stereocenters. The van der Waals surface area contributed by atoms with E-state index in [9.17, 15) is 31.1 Å². The summed E-state index contributed by atoms with van der Waals surface area (Å²) in [6, 6.07) is 4.76. The zero-order chi connectivity index (χ0) is 21.1. The van der Waals surface area contributed by atoms with Crippen LogP contribution in [-0.2, 0) is 17.1 Å². The molecule has 0 aliphatic rings. The van der Waals surface area contributed by atoms with Gasteiger partial charge in [0.25, 0.3) is 0 Å². The first-order chi connectivity index (χ1) is 12.9. The fraction of sp³-hybridized carbons (Fsp3) is 0.167. The molecule has 0 atom stereocenters. The van der Waals surface area contributed by atoms with Crippen LogP contribution in [-0.4, -0.2) is 18.2 Å². The summed E-state index contributed by atoms with van der Waals surface area (Å²) in [5.41, 5.74) is -2.67. The SMILES string of the molecule is COc1cc(/C=C/C(=O)O)ccc1Oc1cc(C(F)(F)F)cc(C(F)(F)F)c1. The molecule has 150 valence electrons. The summed E-state index contributed by atoms with van der Waals surface area (Å²) in [4.78, 5) is 10.5. The van der Waals surface area contributed by atoms with E-state index in [1.54, 1.807) is 0 Å². The average Bonchev–Trinajstić information content (AvgIpc) is 2.59. The minimum absolute atomic E-state index is 0.0100. The van der Waals surface area contributed by atoms with E-state index in [0.29, 0.717) is 17.7 Å². The average molecular weight is 406 g/mol. The molecule has 2 rings (SSSR count). The maximum absolute atomic E-state index is 12.9. The second-order valence-corrected chi connectivity index (χ2v) is 5.43. The highest BCUT2D eigenvalue weighted by Crippen LogP contribution is 2.40. The van der Waals surface area contributed by atoms with Crippen molar-refractivity contribution in [2.24, 2.45) is 0 Å². The second kappa shape index (κ2) is 7.83. The summed E-state index contributed by atoms with van der Waals surface area (Å²) in [5, 5.41) is 8.61. The number of rotatable bonds is 5. The monoisotopic (exact) mass is 406 g/mol. The number of aliphatic carboxylic acids is 1. The highest BCUT2D eigenvalue weighted by molar-refractivity contribution is 5.85. The second-order valence-electron chi connectivity index (χ2n) is 5.43. The van der Waals surface area contributed by atoms with E-state index in [1.807, 2.05) is 0 Å². The van der Waals surface area contributed by atoms with E-state index >= 15 is 0 Å². The third-order valence-corrected chi connectivity index (χ3v) is 3.40. The Morgan fingerprint density at radius 1 is 0.929 bits per heavy atom. The lowest BCUT2D eigenvalue weighted by atomic mass is 10.1. The molecule has 28 heavy (non-hydrogen) atoms. The van der Waals surface area contributed by atoms with Crippen molar-refractivity contribution in [1.29, 1.82) is 0 Å². The third-order valence-electron chi connectivity index (χ3n) is 3.40. The van der Waals surface area contributed by atoms with Gasteiger partial charge in [0, 0.05) is 6.08 Å². The van der Waals surface area contributed by atoms with Gasteiger partial charge in [-0.25, -0.2) is 4.79 Å². The zero-order valence-electron chi connectivity index (χ0n) is 14.1. The van der Waals surface area contributed by atoms with Crippen LogP contribution in [0.1, 0.15) is 16.7 Å². The molecule has 0 bridgehead atoms. The van der Waals surface area contributed by atoms with Crippen LogP contribution < -0.4 is 9.47 Å². The van der Waals surface area contributed by atoms with Gasteiger partial charge in [-0.3, -0.25) is 0 Å². The van der Waals surface area contributed by atoms with Gasteiger partial charge in [0.15, 0.2) is 11.5 Å². The molecule has 0 heterocycles. The molecule has 0 saturated heterocycles. The van der Waals surface area contributed by atoms with Gasteiger partial charge in [-0.05, 0) is 42.0 Å². The molecule has 0 saturated carbocycles. The maximum Gasteiger partial charge on any atom is 0.416 e. The normalized spacial score (nSPS) is 12.2. The van der Waals surface area contributed by atoms with Crippen LogP contribution in [0.3, 0.4) is 0 Å². The molecule has 2 aromatic carbocycles. The molecule has 2 aromatic rings. The van der Waals surface area contributed by atoms with Crippen LogP contribution in [0.15, 0.2) is 42.5 Å². The van der Waals surface area contributed by atoms with Crippen molar-refractivity contribution in [3.05, 3.63) is 59.2 Å². The Hall–Kier alpha value is -3.17. The standard InChI is InChI=1S/C18H12F6O4/c1-27-15-6-10(3-5-16(25)26)2-4-14(15)28-13-8-11(17(19,20)21)7-12(9-13)18(22,23)24/h2-9H,1H3,(H,25,26)/b5-3+. The summed E-state index contributed by atoms with van der Waals surface area (Å²) in [6.07, 6.45) is -7.94. The molecule has 0 radical (unpaired) electrons. The number of carboxylic acid groups (broad SMARTS) is 1. The van der Waals surface area contributed by atoms with Crippen LogP contribution in [0.2, 0.25) is 0 Å². The summed E-state index contributed by atoms with van der Waals surface area (Å²) < 4.78 is 87.7. The topological polar surface area (TPSA) is 55.8 Å². The Balaban J connectivity index is 2.45. The van der Waals surface area contributed by atoms with Crippen molar-refractivity contribution in [3.8, 4) is 17.2 Å². The Morgan fingerprint density at radius 2 is 1.50 bits per heavy atom. The number of hydrogen-bond acceptors (Lipinski definition) is 3. The predicted octanol–water partition coefficient (Wildman–Crippen LogP) is 5.62. The Labute approximate surface area is 154 Å². The quantitative estimate of drug-likeness (QED) is 0.517. The molecule has 0 aliphatic heterocycles. The largest absolute Gasteiger partial charge is 0.493 e. The molecular weight excluding hydrogens is 394 g/mol. The minimum Gasteiger partial charge on any atom is -0.493 e. The Morgan fingerprint density at radius 3 is 1.96 bits per heavy atom. The molecular formula is C18H12F6O4. The first-order valence-electron chi connectivity index (χ1n) is 7.46. The zero-order valence-corrected chi connectivity index (χ0v) is 14.1. The summed E-state index contributed by atoms with van der Waals surface area (Å²) in [7, 11) is 1.21. The van der Waals surface area contributed by atoms with Gasteiger partial charge in [-0.2, -0.15) is 26.3 Å². The van der Waals surface area contributed by atoms with E-state index in [4.69, 9.17) is 14.6 Å². The molecule has 1 N–H and O–H groups in total. The first kappa shape index (κ1) is 21.1. The highest BCUT2D eigenvalue weighted by atomic mass is 19.4. The van der Waals surface area contributed by atoms with E-state index in [1.165, 1.54) is 31.4 Å². The number of methoxy groups -OCH3 is 1. The maximum atomic E-state index is 12.9. The van der Waals surface area contributed by atoms with Crippen LogP contribution in [0.5, 0.6) is 17.2 Å². The summed E-state index contributed by atoms with van der Waals surface area (Å²) >= 11 is 0. The fourth-order valence-electron chi connectivity index (χ4n) is 2.15. The van der Waals surface area contributed by atoms with Gasteiger partial charge in [-0.1, -0.05) is 6.07 Å². The lowest BCUT2D eigenvalue weighted by Crippen LogP contribution is -2.11. The van der Waals surface area contributed by atoms with E-state index in [0.717, 1.165) is 6.08 Å². The number of carboxylic acids is 1. The third kappa shape index (κ3) is 5.41. The Kier molecular flexibility index (Phi) is 5.91. The summed E-state index contributed by atoms with van der Waals surface area (Å²) in [6.45, 7) is 0. The molecule has 0 amide bonds. The van der Waals surface area contributed by atoms with Gasteiger partial charge in [0.05, 0.1) is 18.2 Å². The van der Waals surface area contributed by atoms with Crippen molar-refractivity contribution in [2.75, 3.05) is 7.11 Å². The first-order valence-corrected chi connectivity index (χ1v) is 7.46. The number of hydrogen-bond donors (Lipinski definition) is 1. The lowest BCUT2D eigenvalue weighted by Gasteiger charge is -2.16. The van der Waals surface area contributed by atoms with Crippen molar-refractivity contribution >= 4 is 12.0 Å². The van der Waals surface area contributed by atoms with Gasteiger partial charge < -0.3 is 14.6 Å². The molecule has 0 aliphatic carbocycles. The van der Waals surface area contributed by atoms with Crippen molar-refractivity contribution < 1.29 is 45.7 Å². The van der Waals surface area contributed by atoms with Crippen LogP contribution in [0.4, 0.5) is 26.3 Å². The predicted molar refractivity (Wildman–Crippen MR) is 86.2 cm³/mol. The van der Waals surface area contributed by atoms with E-state index in [2.05, 4.69) is 0 Å². The number of ether oxygens (including phenoxy) is 2. The van der Waals surface area contributed by atoms with Gasteiger partial charge in [0.1, 0.15) is 5.75 Å². The highest BCUT2D eigenvalue weighted by Gasteiger charge is 2.37. The Bertz CT molecular complexity index is 868. The molecule has 0 aromatic heterocycles. The van der Waals surface area contributed by atoms with Gasteiger partial charge in [-0.15, -0.1) is 0 Å². The molecule has 0 fully saturated rings. The van der Waals surface area contributed by atoms with Crippen molar-refractivity contribution in [1.82, 2.24) is 0 Å². The number of alkyl halides is 6. The van der Waals surface area contributed by atoms with Gasteiger partial charge in [0.2, 0.25) is 0 Å². The lowest BCUT2D eigenvalue weighted by molar-refractivity contribution is -0.143. The number of benzene rings is 2. The number of halogens is 6. The van der Waals surface area contributed by atoms with Crippen molar-refractivity contribution in [3.63, 3.8) is 0 Å². The van der Waals surface area contributed by atoms with Crippen molar-refractivity contribution in [2.45, 2.75) is 12.4 Å². The minimum atomic E-state index is -5.01. The fourth-order valence-corrected chi connectivity index (χ4v) is 2.15. The summed E-state index contributed by atoms with van der Waals surface area (Å²) in [5.74, 6) is -2.06. The van der Waals surface area contributed by atoms with E-state index in [-0.39, 0.29) is 17.6 Å². The van der Waals surface area contributed by atoms with E-state index < -0.39 is 35.2 Å². The smallest absolute Gasteiger partial charge is 0.416 e. The van der Waals surface area contributed by atoms with Crippen LogP contribution in [0, 0.1) is 0 Å². The van der Waals surface area contributed by atoms with Gasteiger partial charge >= 0.3 is 18.3 Å². The number of carbonyl (C=O) groups is 1. The molecule has 4 nitrogen and oxygen atoms in total. The van der Waals surface area contributed by atoms with Crippen LogP contribution >= 0.6 is 0 Å². The molecule has 10 heteroatoms. The molecule has 0 spiro atoms. The van der Waals surface area contributed by atoms with Crippen LogP contribution in [0.25, 0.3) is 6.08 Å².